The summed E-state index contributed by atoms with van der Waals surface area (Å²) in [5.74, 6) is -0.669. The number of rotatable bonds is 5. The van der Waals surface area contributed by atoms with E-state index in [-0.39, 0.29) is 17.3 Å². The maximum Gasteiger partial charge on any atom is 0.287 e. The molecule has 1 aliphatic rings. The van der Waals surface area contributed by atoms with Gasteiger partial charge >= 0.3 is 0 Å². The minimum atomic E-state index is -0.572. The number of hydrogen-bond donors (Lipinski definition) is 2. The lowest BCUT2D eigenvalue weighted by atomic mass is 10.0. The van der Waals surface area contributed by atoms with E-state index in [4.69, 9.17) is 4.74 Å². The van der Waals surface area contributed by atoms with Crippen LogP contribution in [-0.2, 0) is 11.2 Å². The minimum absolute atomic E-state index is 0.000649. The summed E-state index contributed by atoms with van der Waals surface area (Å²) < 4.78 is 18.6. The normalized spacial score (nSPS) is 15.1. The van der Waals surface area contributed by atoms with Gasteiger partial charge in [0.15, 0.2) is 0 Å². The number of carbonyl (C=O) groups is 1. The molecule has 0 aliphatic carbocycles. The Hall–Kier alpha value is -4.08. The van der Waals surface area contributed by atoms with Crippen LogP contribution in [0.5, 0.6) is 5.75 Å². The van der Waals surface area contributed by atoms with Crippen molar-refractivity contribution in [3.8, 4) is 5.75 Å². The van der Waals surface area contributed by atoms with Gasteiger partial charge in [0, 0.05) is 6.42 Å². The molecule has 3 aromatic rings. The van der Waals surface area contributed by atoms with Crippen molar-refractivity contribution in [1.82, 2.24) is 20.6 Å². The van der Waals surface area contributed by atoms with Crippen molar-refractivity contribution in [3.05, 3.63) is 70.5 Å². The summed E-state index contributed by atoms with van der Waals surface area (Å²) in [4.78, 5) is 12.6. The van der Waals surface area contributed by atoms with Gasteiger partial charge in [0.05, 0.1) is 7.11 Å². The Kier molecular flexibility index (Phi) is 4.73. The number of hydrazone groups is 1. The van der Waals surface area contributed by atoms with E-state index in [1.54, 1.807) is 31.4 Å². The Morgan fingerprint density at radius 2 is 2.03 bits per heavy atom. The number of H-pyrrole nitrogens is 1. The number of carbonyl (C=O) groups excluding carboxylic acids is 1. The van der Waals surface area contributed by atoms with Crippen LogP contribution in [0.15, 0.2) is 53.1 Å². The van der Waals surface area contributed by atoms with Gasteiger partial charge in [-0.25, -0.2) is 9.49 Å². The molecular formula is C19H15FN6O3. The third-order valence-electron chi connectivity index (χ3n) is 4.32. The monoisotopic (exact) mass is 394 g/mol. The fourth-order valence-electron chi connectivity index (χ4n) is 2.93. The van der Waals surface area contributed by atoms with E-state index in [1.165, 1.54) is 18.2 Å². The van der Waals surface area contributed by atoms with Crippen LogP contribution in [0.3, 0.4) is 0 Å². The smallest absolute Gasteiger partial charge is 0.287 e. The summed E-state index contributed by atoms with van der Waals surface area (Å²) in [6.07, 6.45) is 2.02. The molecule has 10 heteroatoms. The Labute approximate surface area is 164 Å². The minimum Gasteiger partial charge on any atom is -0.496 e. The molecule has 29 heavy (non-hydrogen) atoms. The van der Waals surface area contributed by atoms with E-state index in [0.29, 0.717) is 17.7 Å². The first-order valence-corrected chi connectivity index (χ1v) is 8.54. The molecule has 0 saturated carbocycles. The van der Waals surface area contributed by atoms with E-state index < -0.39 is 11.8 Å². The molecule has 146 valence electrons. The molecule has 0 unspecified atom stereocenters. The largest absolute Gasteiger partial charge is 0.496 e. The van der Waals surface area contributed by atoms with E-state index in [1.807, 2.05) is 6.07 Å². The zero-order chi connectivity index (χ0) is 20.4. The van der Waals surface area contributed by atoms with Gasteiger partial charge in [0.1, 0.15) is 17.1 Å². The molecule has 0 spiro atoms. The standard InChI is InChI=1S/C19H15FN6O3/c1-29-16-7-4-12(9-13(16)8-11-2-5-14(20)6-3-11)10-15-17(27)23-26(18(15)28)19-21-24-25-22-19/h2-7,9-10H,8H2,1H3,(H,23,27)(H,21,22,24,25)/b15-10-. The number of halogens is 1. The first-order chi connectivity index (χ1) is 14.0. The van der Waals surface area contributed by atoms with Crippen LogP contribution in [0, 0.1) is 5.82 Å². The maximum absolute atomic E-state index is 13.2. The lowest BCUT2D eigenvalue weighted by Crippen LogP contribution is -2.22. The van der Waals surface area contributed by atoms with Gasteiger partial charge in [-0.05, 0) is 57.5 Å². The van der Waals surface area contributed by atoms with Crippen molar-refractivity contribution in [3.63, 3.8) is 0 Å². The van der Waals surface area contributed by atoms with E-state index in [2.05, 4.69) is 25.7 Å². The Bertz CT molecular complexity index is 1110. The molecule has 1 amide bonds. The van der Waals surface area contributed by atoms with Crippen LogP contribution in [0.2, 0.25) is 0 Å². The highest BCUT2D eigenvalue weighted by Crippen LogP contribution is 2.26. The molecule has 0 fully saturated rings. The fraction of sp³-hybridized carbons (Fsp3) is 0.105. The zero-order valence-electron chi connectivity index (χ0n) is 15.2. The van der Waals surface area contributed by atoms with Crippen molar-refractivity contribution in [1.29, 1.82) is 0 Å². The number of benzene rings is 2. The third kappa shape index (κ3) is 3.68. The number of aliphatic hydroxyl groups is 1. The summed E-state index contributed by atoms with van der Waals surface area (Å²) in [5, 5.41) is 27.6. The first-order valence-electron chi connectivity index (χ1n) is 8.54. The van der Waals surface area contributed by atoms with Gasteiger partial charge in [-0.2, -0.15) is 5.01 Å². The Balaban J connectivity index is 1.64. The number of aliphatic hydroxyl groups excluding tert-OH is 1. The fourth-order valence-corrected chi connectivity index (χ4v) is 2.93. The molecule has 0 atom stereocenters. The Morgan fingerprint density at radius 3 is 2.72 bits per heavy atom. The summed E-state index contributed by atoms with van der Waals surface area (Å²) >= 11 is 0. The second-order valence-electron chi connectivity index (χ2n) is 6.20. The lowest BCUT2D eigenvalue weighted by Gasteiger charge is -2.10. The predicted molar refractivity (Wildman–Crippen MR) is 102 cm³/mol. The van der Waals surface area contributed by atoms with Crippen molar-refractivity contribution in [2.24, 2.45) is 5.10 Å². The van der Waals surface area contributed by atoms with Crippen molar-refractivity contribution in [2.75, 3.05) is 12.1 Å². The van der Waals surface area contributed by atoms with Gasteiger partial charge in [-0.3, -0.25) is 4.79 Å². The highest BCUT2D eigenvalue weighted by molar-refractivity contribution is 6.29. The molecule has 2 heterocycles. The number of ether oxygens (including phenoxy) is 1. The van der Waals surface area contributed by atoms with Gasteiger partial charge in [0.25, 0.3) is 11.9 Å². The van der Waals surface area contributed by atoms with Gasteiger partial charge in [-0.15, -0.1) is 5.10 Å². The third-order valence-corrected chi connectivity index (χ3v) is 4.32. The molecule has 4 rings (SSSR count). The molecule has 2 aromatic carbocycles. The number of aromatic nitrogens is 4. The van der Waals surface area contributed by atoms with Gasteiger partial charge < -0.3 is 9.84 Å². The summed E-state index contributed by atoms with van der Waals surface area (Å²) in [6.45, 7) is 0. The van der Waals surface area contributed by atoms with Crippen molar-refractivity contribution < 1.29 is 19.0 Å². The molecular weight excluding hydrogens is 379 g/mol. The van der Waals surface area contributed by atoms with Crippen molar-refractivity contribution in [2.45, 2.75) is 6.42 Å². The average Bonchev–Trinajstić information content (AvgIpc) is 3.34. The number of tetrazole rings is 1. The molecule has 1 aromatic heterocycles. The average molecular weight is 394 g/mol. The molecule has 1 aliphatic heterocycles. The summed E-state index contributed by atoms with van der Waals surface area (Å²) in [7, 11) is 1.56. The zero-order valence-corrected chi connectivity index (χ0v) is 15.2. The van der Waals surface area contributed by atoms with E-state index >= 15 is 0 Å². The van der Waals surface area contributed by atoms with Crippen LogP contribution < -0.4 is 9.75 Å². The lowest BCUT2D eigenvalue weighted by molar-refractivity contribution is -0.114. The number of nitrogens with one attached hydrogen (secondary N) is 1. The number of aromatic amines is 1. The second kappa shape index (κ2) is 7.50. The van der Waals surface area contributed by atoms with E-state index in [9.17, 15) is 14.3 Å². The van der Waals surface area contributed by atoms with Gasteiger partial charge in [0.2, 0.25) is 5.90 Å². The van der Waals surface area contributed by atoms with Crippen LogP contribution in [0.4, 0.5) is 10.3 Å². The molecule has 0 radical (unpaired) electrons. The highest BCUT2D eigenvalue weighted by Gasteiger charge is 2.33. The van der Waals surface area contributed by atoms with Crippen LogP contribution in [0.25, 0.3) is 6.08 Å². The quantitative estimate of drug-likeness (QED) is 0.641. The molecule has 2 N–H and O–H groups in total. The summed E-state index contributed by atoms with van der Waals surface area (Å²) in [5.41, 5.74) is 2.40. The maximum atomic E-state index is 13.2. The molecule has 0 saturated heterocycles. The number of amides is 1. The van der Waals surface area contributed by atoms with Crippen LogP contribution >= 0.6 is 0 Å². The van der Waals surface area contributed by atoms with Crippen molar-refractivity contribution >= 4 is 23.8 Å². The predicted octanol–water partition coefficient (Wildman–Crippen LogP) is 2.24. The van der Waals surface area contributed by atoms with E-state index in [0.717, 1.165) is 16.1 Å². The van der Waals surface area contributed by atoms with Crippen LogP contribution in [0.1, 0.15) is 16.7 Å². The summed E-state index contributed by atoms with van der Waals surface area (Å²) in [6, 6.07) is 11.5. The topological polar surface area (TPSA) is 117 Å². The molecule has 9 nitrogen and oxygen atoms in total. The first kappa shape index (κ1) is 18.3. The Morgan fingerprint density at radius 1 is 1.24 bits per heavy atom. The number of nitrogens with zero attached hydrogens (tertiary/aromatic N) is 5. The number of methoxy groups -OCH3 is 1. The van der Waals surface area contributed by atoms with Gasteiger partial charge in [-0.1, -0.05) is 23.3 Å². The van der Waals surface area contributed by atoms with Crippen LogP contribution in [-0.4, -0.2) is 44.6 Å². The SMILES string of the molecule is COc1ccc(/C=C2\C(=O)N(c3nnn[nH]3)N=C2O)cc1Cc1ccc(F)cc1. The number of hydrogen-bond acceptors (Lipinski definition) is 6. The highest BCUT2D eigenvalue weighted by atomic mass is 19.1. The number of anilines is 1. The molecule has 0 bridgehead atoms. The second-order valence-corrected chi connectivity index (χ2v) is 6.20.